The van der Waals surface area contributed by atoms with E-state index < -0.39 is 6.43 Å². The second kappa shape index (κ2) is 3.07. The van der Waals surface area contributed by atoms with Gasteiger partial charge >= 0.3 is 0 Å². The maximum absolute atomic E-state index is 12.0. The van der Waals surface area contributed by atoms with E-state index in [1.165, 1.54) is 0 Å². The molecule has 0 nitrogen and oxygen atoms in total. The zero-order chi connectivity index (χ0) is 7.72. The second-order valence-electron chi connectivity index (χ2n) is 2.84. The van der Waals surface area contributed by atoms with E-state index in [9.17, 15) is 8.78 Å². The number of rotatable bonds is 3. The van der Waals surface area contributed by atoms with Gasteiger partial charge in [0.2, 0.25) is 6.43 Å². The summed E-state index contributed by atoms with van der Waals surface area (Å²) in [6.45, 7) is 2.03. The molecule has 3 heteroatoms. The smallest absolute Gasteiger partial charge is 0.210 e. The lowest BCUT2D eigenvalue weighted by Gasteiger charge is -2.05. The Labute approximate surface area is 64.4 Å². The van der Waals surface area contributed by atoms with Gasteiger partial charge in [-0.25, -0.2) is 8.78 Å². The minimum absolute atomic E-state index is 0.287. The Morgan fingerprint density at radius 1 is 1.40 bits per heavy atom. The van der Waals surface area contributed by atoms with Gasteiger partial charge in [0.05, 0.1) is 0 Å². The highest BCUT2D eigenvalue weighted by molar-refractivity contribution is 7.99. The van der Waals surface area contributed by atoms with Crippen molar-refractivity contribution in [3.63, 3.8) is 0 Å². The summed E-state index contributed by atoms with van der Waals surface area (Å²) in [7, 11) is 0. The van der Waals surface area contributed by atoms with E-state index in [1.54, 1.807) is 11.8 Å². The normalized spacial score (nSPS) is 34.5. The summed E-state index contributed by atoms with van der Waals surface area (Å²) in [5.74, 6) is -0.00236. The van der Waals surface area contributed by atoms with Crippen LogP contribution in [0, 0.1) is 11.8 Å². The third kappa shape index (κ3) is 1.62. The highest BCUT2D eigenvalue weighted by Gasteiger charge is 2.46. The molecular weight excluding hydrogens is 154 g/mol. The highest BCUT2D eigenvalue weighted by atomic mass is 32.2. The highest BCUT2D eigenvalue weighted by Crippen LogP contribution is 2.48. The number of hydrogen-bond acceptors (Lipinski definition) is 1. The van der Waals surface area contributed by atoms with Gasteiger partial charge in [0.15, 0.2) is 0 Å². The summed E-state index contributed by atoms with van der Waals surface area (Å²) in [5.41, 5.74) is 0. The Balaban J connectivity index is 2.24. The van der Waals surface area contributed by atoms with Crippen LogP contribution in [0.15, 0.2) is 0 Å². The first kappa shape index (κ1) is 8.31. The molecule has 1 saturated carbocycles. The van der Waals surface area contributed by atoms with Crippen LogP contribution in [0.25, 0.3) is 0 Å². The number of thioether (sulfide) groups is 1. The minimum Gasteiger partial charge on any atom is -0.210 e. The van der Waals surface area contributed by atoms with Gasteiger partial charge in [-0.2, -0.15) is 11.8 Å². The summed E-state index contributed by atoms with van der Waals surface area (Å²) in [4.78, 5) is 0. The predicted molar refractivity (Wildman–Crippen MR) is 40.6 cm³/mol. The van der Waals surface area contributed by atoms with Gasteiger partial charge in [-0.15, -0.1) is 0 Å². The Hall–Kier alpha value is 0.210. The monoisotopic (exact) mass is 166 g/mol. The number of alkyl halides is 2. The summed E-state index contributed by atoms with van der Waals surface area (Å²) < 4.78 is 23.9. The van der Waals surface area contributed by atoms with Crippen LogP contribution in [0.2, 0.25) is 0 Å². The van der Waals surface area contributed by atoms with Crippen molar-refractivity contribution in [1.82, 2.24) is 0 Å². The lowest BCUT2D eigenvalue weighted by molar-refractivity contribution is 0.116. The average Bonchev–Trinajstić information content (AvgIpc) is 2.64. The Morgan fingerprint density at radius 2 is 2.00 bits per heavy atom. The zero-order valence-electron chi connectivity index (χ0n) is 6.18. The Morgan fingerprint density at radius 3 is 2.30 bits per heavy atom. The van der Waals surface area contributed by atoms with Gasteiger partial charge in [-0.3, -0.25) is 0 Å². The van der Waals surface area contributed by atoms with Gasteiger partial charge in [-0.05, 0) is 18.6 Å². The van der Waals surface area contributed by atoms with Crippen LogP contribution < -0.4 is 0 Å². The average molecular weight is 166 g/mol. The lowest BCUT2D eigenvalue weighted by atomic mass is 10.2. The third-order valence-electron chi connectivity index (χ3n) is 2.19. The molecule has 0 radical (unpaired) electrons. The zero-order valence-corrected chi connectivity index (χ0v) is 7.00. The Bertz CT molecular complexity index is 116. The van der Waals surface area contributed by atoms with Crippen molar-refractivity contribution >= 4 is 11.8 Å². The number of hydrogen-bond donors (Lipinski definition) is 0. The van der Waals surface area contributed by atoms with Crippen LogP contribution >= 0.6 is 11.8 Å². The topological polar surface area (TPSA) is 0 Å². The minimum atomic E-state index is -2.08. The molecular formula is C7H12F2S. The molecule has 1 aliphatic rings. The van der Waals surface area contributed by atoms with Crippen molar-refractivity contribution in [2.75, 3.05) is 6.26 Å². The first-order chi connectivity index (χ1) is 4.66. The molecule has 10 heavy (non-hydrogen) atoms. The van der Waals surface area contributed by atoms with Gasteiger partial charge in [0, 0.05) is 11.2 Å². The van der Waals surface area contributed by atoms with E-state index in [4.69, 9.17) is 0 Å². The molecule has 1 fully saturated rings. The molecule has 3 atom stereocenters. The molecule has 0 heterocycles. The van der Waals surface area contributed by atoms with Gasteiger partial charge in [0.1, 0.15) is 0 Å². The van der Waals surface area contributed by atoms with Crippen molar-refractivity contribution < 1.29 is 8.78 Å². The molecule has 0 saturated heterocycles. The molecule has 60 valence electrons. The second-order valence-corrected chi connectivity index (χ2v) is 4.05. The van der Waals surface area contributed by atoms with E-state index >= 15 is 0 Å². The number of halogens is 2. The molecule has 1 aliphatic carbocycles. The molecule has 0 aromatic carbocycles. The molecule has 0 bridgehead atoms. The van der Waals surface area contributed by atoms with Gasteiger partial charge in [0.25, 0.3) is 0 Å². The molecule has 1 rings (SSSR count). The van der Waals surface area contributed by atoms with Crippen LogP contribution in [0.1, 0.15) is 13.3 Å². The predicted octanol–water partition coefficient (Wildman–Crippen LogP) is 2.64. The first-order valence-corrected chi connectivity index (χ1v) is 4.76. The van der Waals surface area contributed by atoms with Crippen LogP contribution in [-0.2, 0) is 0 Å². The van der Waals surface area contributed by atoms with Crippen LogP contribution in [0.3, 0.4) is 0 Å². The van der Waals surface area contributed by atoms with Crippen molar-refractivity contribution in [3.8, 4) is 0 Å². The van der Waals surface area contributed by atoms with Crippen LogP contribution in [0.5, 0.6) is 0 Å². The van der Waals surface area contributed by atoms with Crippen molar-refractivity contribution in [2.24, 2.45) is 11.8 Å². The quantitative estimate of drug-likeness (QED) is 0.621. The summed E-state index contributed by atoms with van der Waals surface area (Å²) in [6.07, 6.45) is 0.630. The van der Waals surface area contributed by atoms with E-state index in [0.717, 1.165) is 6.42 Å². The molecule has 0 aromatic rings. The van der Waals surface area contributed by atoms with Gasteiger partial charge < -0.3 is 0 Å². The molecule has 0 aromatic heterocycles. The maximum Gasteiger partial charge on any atom is 0.241 e. The van der Waals surface area contributed by atoms with E-state index in [0.29, 0.717) is 5.25 Å². The van der Waals surface area contributed by atoms with Crippen molar-refractivity contribution in [2.45, 2.75) is 25.0 Å². The van der Waals surface area contributed by atoms with E-state index in [2.05, 4.69) is 0 Å². The fraction of sp³-hybridized carbons (Fsp3) is 1.00. The SMILES string of the molecule is CSC(C)C1CC1C(F)F. The van der Waals surface area contributed by atoms with Crippen LogP contribution in [-0.4, -0.2) is 17.9 Å². The Kier molecular flexibility index (Phi) is 2.55. The molecule has 0 N–H and O–H groups in total. The first-order valence-electron chi connectivity index (χ1n) is 3.47. The summed E-state index contributed by atoms with van der Waals surface area (Å²) >= 11 is 1.68. The summed E-state index contributed by atoms with van der Waals surface area (Å²) in [6, 6.07) is 0. The van der Waals surface area contributed by atoms with Gasteiger partial charge in [-0.1, -0.05) is 6.92 Å². The summed E-state index contributed by atoms with van der Waals surface area (Å²) in [5, 5.41) is 0.416. The van der Waals surface area contributed by atoms with E-state index in [1.807, 2.05) is 13.2 Å². The van der Waals surface area contributed by atoms with Crippen LogP contribution in [0.4, 0.5) is 8.78 Å². The van der Waals surface area contributed by atoms with E-state index in [-0.39, 0.29) is 11.8 Å². The fourth-order valence-electron chi connectivity index (χ4n) is 1.24. The van der Waals surface area contributed by atoms with Crippen molar-refractivity contribution in [3.05, 3.63) is 0 Å². The molecule has 3 unspecified atom stereocenters. The molecule has 0 spiro atoms. The maximum atomic E-state index is 12.0. The lowest BCUT2D eigenvalue weighted by Crippen LogP contribution is -2.04. The largest absolute Gasteiger partial charge is 0.241 e. The molecule has 0 amide bonds. The molecule has 0 aliphatic heterocycles. The fourth-order valence-corrected chi connectivity index (χ4v) is 1.90. The third-order valence-corrected chi connectivity index (χ3v) is 3.28. The standard InChI is InChI=1S/C7H12F2S/c1-4(10-2)5-3-6(5)7(8)9/h4-7H,3H2,1-2H3. The van der Waals surface area contributed by atoms with Crippen molar-refractivity contribution in [1.29, 1.82) is 0 Å².